The molecular weight excluding hydrogens is 451 g/mol. The van der Waals surface area contributed by atoms with Crippen molar-refractivity contribution in [2.75, 3.05) is 6.54 Å². The van der Waals surface area contributed by atoms with Gasteiger partial charge in [0.1, 0.15) is 6.54 Å². The maximum atomic E-state index is 13.3. The van der Waals surface area contributed by atoms with E-state index in [1.54, 1.807) is 39.3 Å². The molecule has 0 aliphatic rings. The monoisotopic (exact) mass is 474 g/mol. The predicted octanol–water partition coefficient (Wildman–Crippen LogP) is 6.13. The first kappa shape index (κ1) is 23.3. The van der Waals surface area contributed by atoms with Crippen molar-refractivity contribution in [3.05, 3.63) is 92.1 Å². The molecule has 0 unspecified atom stereocenters. The Bertz CT molecular complexity index is 1020. The lowest BCUT2D eigenvalue weighted by Gasteiger charge is -2.30. The Labute approximate surface area is 197 Å². The second-order valence-electron chi connectivity index (χ2n) is 7.47. The number of thiophene rings is 1. The molecule has 0 radical (unpaired) electrons. The van der Waals surface area contributed by atoms with Crippen molar-refractivity contribution in [2.45, 2.75) is 33.0 Å². The van der Waals surface area contributed by atoms with Gasteiger partial charge in [0.05, 0.1) is 16.6 Å². The summed E-state index contributed by atoms with van der Waals surface area (Å²) in [6.45, 7) is 4.74. The van der Waals surface area contributed by atoms with Gasteiger partial charge in [-0.2, -0.15) is 0 Å². The molecule has 0 atom stereocenters. The fraction of sp³-hybridized carbons (Fsp3) is 0.250. The molecule has 0 aliphatic heterocycles. The van der Waals surface area contributed by atoms with Gasteiger partial charge in [-0.05, 0) is 49.1 Å². The second-order valence-corrected chi connectivity index (χ2v) is 9.32. The summed E-state index contributed by atoms with van der Waals surface area (Å²) in [5.74, 6) is -0.364. The molecule has 4 nitrogen and oxygen atoms in total. The molecular formula is C24H24Cl2N2O2S. The highest BCUT2D eigenvalue weighted by Crippen LogP contribution is 2.24. The zero-order valence-electron chi connectivity index (χ0n) is 17.4. The van der Waals surface area contributed by atoms with Gasteiger partial charge in [-0.3, -0.25) is 9.59 Å². The Morgan fingerprint density at radius 2 is 1.68 bits per heavy atom. The van der Waals surface area contributed by atoms with Crippen LogP contribution in [0, 0.1) is 0 Å². The largest absolute Gasteiger partial charge is 0.332 e. The fourth-order valence-corrected chi connectivity index (χ4v) is 4.17. The van der Waals surface area contributed by atoms with Crippen LogP contribution in [-0.2, 0) is 17.9 Å². The van der Waals surface area contributed by atoms with Gasteiger partial charge in [0.15, 0.2) is 0 Å². The molecule has 3 aromatic rings. The van der Waals surface area contributed by atoms with Crippen LogP contribution in [0.1, 0.15) is 34.6 Å². The minimum absolute atomic E-state index is 0.0189. The number of nitrogens with zero attached hydrogens (tertiary/aromatic N) is 2. The molecule has 162 valence electrons. The summed E-state index contributed by atoms with van der Waals surface area (Å²) in [6, 6.07) is 18.4. The van der Waals surface area contributed by atoms with E-state index in [4.69, 9.17) is 23.2 Å². The van der Waals surface area contributed by atoms with E-state index in [1.165, 1.54) is 0 Å². The summed E-state index contributed by atoms with van der Waals surface area (Å²) in [5.41, 5.74) is 1.45. The lowest BCUT2D eigenvalue weighted by molar-refractivity contribution is -0.133. The highest BCUT2D eigenvalue weighted by Gasteiger charge is 2.25. The second kappa shape index (κ2) is 10.8. The maximum Gasteiger partial charge on any atom is 0.254 e. The van der Waals surface area contributed by atoms with Crippen LogP contribution in [0.4, 0.5) is 0 Å². The van der Waals surface area contributed by atoms with Crippen LogP contribution in [-0.4, -0.2) is 34.2 Å². The van der Waals surface area contributed by atoms with Crippen molar-refractivity contribution in [1.82, 2.24) is 9.80 Å². The molecule has 0 saturated carbocycles. The van der Waals surface area contributed by atoms with Gasteiger partial charge in [-0.15, -0.1) is 11.3 Å². The van der Waals surface area contributed by atoms with Crippen LogP contribution >= 0.6 is 34.5 Å². The van der Waals surface area contributed by atoms with Gasteiger partial charge >= 0.3 is 0 Å². The molecule has 7 heteroatoms. The Hall–Kier alpha value is -2.34. The summed E-state index contributed by atoms with van der Waals surface area (Å²) in [7, 11) is 0. The Kier molecular flexibility index (Phi) is 8.13. The average molecular weight is 475 g/mol. The molecule has 3 rings (SSSR count). The van der Waals surface area contributed by atoms with E-state index in [1.807, 2.05) is 61.7 Å². The third-order valence-electron chi connectivity index (χ3n) is 4.85. The number of hydrogen-bond donors (Lipinski definition) is 0. The molecule has 0 spiro atoms. The lowest BCUT2D eigenvalue weighted by Crippen LogP contribution is -2.45. The fourth-order valence-electron chi connectivity index (χ4n) is 3.16. The van der Waals surface area contributed by atoms with Crippen LogP contribution in [0.5, 0.6) is 0 Å². The smallest absolute Gasteiger partial charge is 0.254 e. The van der Waals surface area contributed by atoms with Crippen LogP contribution < -0.4 is 0 Å². The van der Waals surface area contributed by atoms with E-state index < -0.39 is 0 Å². The van der Waals surface area contributed by atoms with Gasteiger partial charge in [-0.1, -0.05) is 59.6 Å². The van der Waals surface area contributed by atoms with Gasteiger partial charge in [0, 0.05) is 23.0 Å². The normalized spacial score (nSPS) is 10.9. The molecule has 0 N–H and O–H groups in total. The van der Waals surface area contributed by atoms with E-state index >= 15 is 0 Å². The SMILES string of the molecule is CC(C)N(CC(=O)N(Cc1ccccc1)Cc1cccs1)C(=O)c1ccc(Cl)c(Cl)c1. The number of carbonyl (C=O) groups excluding carboxylic acids is 2. The van der Waals surface area contributed by atoms with E-state index in [2.05, 4.69) is 0 Å². The van der Waals surface area contributed by atoms with Crippen molar-refractivity contribution in [1.29, 1.82) is 0 Å². The van der Waals surface area contributed by atoms with E-state index in [-0.39, 0.29) is 24.4 Å². The number of carbonyl (C=O) groups is 2. The van der Waals surface area contributed by atoms with Crippen molar-refractivity contribution >= 4 is 46.4 Å². The van der Waals surface area contributed by atoms with Gasteiger partial charge in [0.25, 0.3) is 5.91 Å². The first-order valence-electron chi connectivity index (χ1n) is 9.95. The molecule has 1 heterocycles. The van der Waals surface area contributed by atoms with Crippen molar-refractivity contribution in [3.63, 3.8) is 0 Å². The first-order valence-corrected chi connectivity index (χ1v) is 11.6. The van der Waals surface area contributed by atoms with Crippen molar-refractivity contribution < 1.29 is 9.59 Å². The number of halogens is 2. The van der Waals surface area contributed by atoms with Gasteiger partial charge < -0.3 is 9.80 Å². The van der Waals surface area contributed by atoms with Gasteiger partial charge in [0.2, 0.25) is 5.91 Å². The van der Waals surface area contributed by atoms with E-state index in [9.17, 15) is 9.59 Å². The van der Waals surface area contributed by atoms with Crippen LogP contribution in [0.25, 0.3) is 0 Å². The topological polar surface area (TPSA) is 40.6 Å². The summed E-state index contributed by atoms with van der Waals surface area (Å²) < 4.78 is 0. The van der Waals surface area contributed by atoms with Crippen molar-refractivity contribution in [3.8, 4) is 0 Å². The minimum atomic E-state index is -0.252. The zero-order chi connectivity index (χ0) is 22.4. The third-order valence-corrected chi connectivity index (χ3v) is 6.45. The molecule has 0 saturated heterocycles. The maximum absolute atomic E-state index is 13.3. The van der Waals surface area contributed by atoms with E-state index in [0.717, 1.165) is 10.4 Å². The first-order chi connectivity index (χ1) is 14.8. The Morgan fingerprint density at radius 3 is 2.29 bits per heavy atom. The quantitative estimate of drug-likeness (QED) is 0.393. The molecule has 2 aromatic carbocycles. The Balaban J connectivity index is 1.80. The number of benzene rings is 2. The highest BCUT2D eigenvalue weighted by atomic mass is 35.5. The highest BCUT2D eigenvalue weighted by molar-refractivity contribution is 7.09. The molecule has 1 aromatic heterocycles. The van der Waals surface area contributed by atoms with Crippen LogP contribution in [0.3, 0.4) is 0 Å². The molecule has 0 aliphatic carbocycles. The number of amides is 2. The summed E-state index contributed by atoms with van der Waals surface area (Å²) >= 11 is 13.7. The third kappa shape index (κ3) is 6.33. The average Bonchev–Trinajstić information content (AvgIpc) is 3.26. The molecule has 0 bridgehead atoms. The molecule has 0 fully saturated rings. The predicted molar refractivity (Wildman–Crippen MR) is 128 cm³/mol. The minimum Gasteiger partial charge on any atom is -0.332 e. The summed E-state index contributed by atoms with van der Waals surface area (Å²) in [4.78, 5) is 30.9. The standard InChI is InChI=1S/C24H24Cl2N2O2S/c1-17(2)28(24(30)19-10-11-21(25)22(26)13-19)16-23(29)27(15-20-9-6-12-31-20)14-18-7-4-3-5-8-18/h3-13,17H,14-16H2,1-2H3. The van der Waals surface area contributed by atoms with Crippen molar-refractivity contribution in [2.24, 2.45) is 0 Å². The summed E-state index contributed by atoms with van der Waals surface area (Å²) in [6.07, 6.45) is 0. The number of rotatable bonds is 8. The summed E-state index contributed by atoms with van der Waals surface area (Å²) in [5, 5.41) is 2.69. The zero-order valence-corrected chi connectivity index (χ0v) is 19.8. The van der Waals surface area contributed by atoms with Crippen LogP contribution in [0.2, 0.25) is 10.0 Å². The van der Waals surface area contributed by atoms with Gasteiger partial charge in [-0.25, -0.2) is 0 Å². The lowest BCUT2D eigenvalue weighted by atomic mass is 10.1. The van der Waals surface area contributed by atoms with Crippen LogP contribution in [0.15, 0.2) is 66.0 Å². The number of hydrogen-bond acceptors (Lipinski definition) is 3. The molecule has 31 heavy (non-hydrogen) atoms. The Morgan fingerprint density at radius 1 is 0.935 bits per heavy atom. The molecule has 2 amide bonds. The van der Waals surface area contributed by atoms with E-state index in [0.29, 0.717) is 28.7 Å².